The number of hydrogen-bond donors (Lipinski definition) is 0. The second-order valence-electron chi connectivity index (χ2n) is 7.83. The lowest BCUT2D eigenvalue weighted by Crippen LogP contribution is -2.39. The third-order valence-electron chi connectivity index (χ3n) is 5.69. The van der Waals surface area contributed by atoms with Gasteiger partial charge in [0.1, 0.15) is 5.82 Å². The lowest BCUT2D eigenvalue weighted by molar-refractivity contribution is -0.133. The molecule has 1 atom stereocenters. The fraction of sp³-hybridized carbons (Fsp3) is 0.269. The third-order valence-corrected chi connectivity index (χ3v) is 6.57. The van der Waals surface area contributed by atoms with E-state index in [0.29, 0.717) is 36.1 Å². The number of carbonyl (C=O) groups excluding carboxylic acids is 1. The van der Waals surface area contributed by atoms with Crippen LogP contribution < -0.4 is 5.56 Å². The molecule has 6 heteroatoms. The maximum Gasteiger partial charge on any atom is 0.266 e. The van der Waals surface area contributed by atoms with Crippen molar-refractivity contribution in [1.29, 1.82) is 0 Å². The van der Waals surface area contributed by atoms with Gasteiger partial charge in [-0.25, -0.2) is 4.98 Å². The summed E-state index contributed by atoms with van der Waals surface area (Å²) < 4.78 is 1.69. The van der Waals surface area contributed by atoms with Crippen LogP contribution in [0, 0.1) is 6.92 Å². The first kappa shape index (κ1) is 22.0. The Morgan fingerprint density at radius 3 is 2.59 bits per heavy atom. The molecule has 0 N–H and O–H groups in total. The fourth-order valence-electron chi connectivity index (χ4n) is 4.17. The van der Waals surface area contributed by atoms with Crippen LogP contribution in [-0.2, 0) is 11.2 Å². The van der Waals surface area contributed by atoms with Crippen molar-refractivity contribution in [2.45, 2.75) is 39.7 Å². The van der Waals surface area contributed by atoms with Crippen LogP contribution in [-0.4, -0.2) is 26.9 Å². The summed E-state index contributed by atoms with van der Waals surface area (Å²) in [6.45, 7) is 6.56. The zero-order valence-electron chi connectivity index (χ0n) is 18.6. The number of fused-ring (bicyclic) bond motifs is 1. The van der Waals surface area contributed by atoms with Crippen LogP contribution in [0.2, 0.25) is 0 Å². The first-order valence-electron chi connectivity index (χ1n) is 10.9. The average Bonchev–Trinajstić information content (AvgIpc) is 3.30. The van der Waals surface area contributed by atoms with E-state index >= 15 is 0 Å². The summed E-state index contributed by atoms with van der Waals surface area (Å²) in [6.07, 6.45) is 1.00. The van der Waals surface area contributed by atoms with Gasteiger partial charge in [-0.2, -0.15) is 0 Å². The third kappa shape index (κ3) is 4.23. The normalized spacial score (nSPS) is 12.1. The standard InChI is InChI=1S/C26H27N3O2S/c1-4-23(28(5-2)24(30)17-20-12-9-15-32-20)25-27-22-14-7-6-13-21(22)26(31)29(25)19-11-8-10-18(3)16-19/h6-16,23H,4-5,17H2,1-3H3. The number of thiophene rings is 1. The van der Waals surface area contributed by atoms with E-state index in [1.807, 2.05) is 85.6 Å². The molecule has 4 rings (SSSR count). The minimum Gasteiger partial charge on any atom is -0.332 e. The molecule has 0 bridgehead atoms. The molecule has 0 aliphatic heterocycles. The van der Waals surface area contributed by atoms with Gasteiger partial charge in [-0.3, -0.25) is 14.2 Å². The molecule has 0 radical (unpaired) electrons. The van der Waals surface area contributed by atoms with E-state index in [2.05, 4.69) is 0 Å². The molecule has 0 saturated heterocycles. The van der Waals surface area contributed by atoms with Gasteiger partial charge in [0.2, 0.25) is 5.91 Å². The zero-order valence-corrected chi connectivity index (χ0v) is 19.4. The Kier molecular flexibility index (Phi) is 6.51. The van der Waals surface area contributed by atoms with Crippen LogP contribution in [0.5, 0.6) is 0 Å². The molecule has 0 aliphatic rings. The van der Waals surface area contributed by atoms with Crippen molar-refractivity contribution in [2.24, 2.45) is 0 Å². The lowest BCUT2D eigenvalue weighted by atomic mass is 10.1. The number of aromatic nitrogens is 2. The SMILES string of the molecule is CCC(c1nc2ccccc2c(=O)n1-c1cccc(C)c1)N(CC)C(=O)Cc1cccs1. The van der Waals surface area contributed by atoms with Gasteiger partial charge in [-0.1, -0.05) is 37.3 Å². The van der Waals surface area contributed by atoms with Crippen molar-refractivity contribution in [1.82, 2.24) is 14.5 Å². The van der Waals surface area contributed by atoms with Gasteiger partial charge in [-0.15, -0.1) is 11.3 Å². The molecular weight excluding hydrogens is 418 g/mol. The Bertz CT molecular complexity index is 1290. The van der Waals surface area contributed by atoms with E-state index in [4.69, 9.17) is 4.98 Å². The predicted octanol–water partition coefficient (Wildman–Crippen LogP) is 5.30. The number of carbonyl (C=O) groups is 1. The predicted molar refractivity (Wildman–Crippen MR) is 131 cm³/mol. The summed E-state index contributed by atoms with van der Waals surface area (Å²) in [5, 5.41) is 2.55. The van der Waals surface area contributed by atoms with Crippen LogP contribution in [0.3, 0.4) is 0 Å². The Morgan fingerprint density at radius 2 is 1.91 bits per heavy atom. The van der Waals surface area contributed by atoms with Gasteiger partial charge < -0.3 is 4.90 Å². The first-order valence-corrected chi connectivity index (χ1v) is 11.8. The number of para-hydroxylation sites is 1. The van der Waals surface area contributed by atoms with Crippen molar-refractivity contribution in [3.63, 3.8) is 0 Å². The van der Waals surface area contributed by atoms with Gasteiger partial charge >= 0.3 is 0 Å². The molecule has 5 nitrogen and oxygen atoms in total. The topological polar surface area (TPSA) is 55.2 Å². The number of benzene rings is 2. The minimum absolute atomic E-state index is 0.0417. The van der Waals surface area contributed by atoms with E-state index < -0.39 is 0 Å². The molecule has 32 heavy (non-hydrogen) atoms. The molecule has 0 saturated carbocycles. The Hall–Kier alpha value is -3.25. The molecule has 4 aromatic rings. The van der Waals surface area contributed by atoms with Gasteiger partial charge in [-0.05, 0) is 61.5 Å². The summed E-state index contributed by atoms with van der Waals surface area (Å²) in [4.78, 5) is 34.7. The quantitative estimate of drug-likeness (QED) is 0.388. The molecule has 0 spiro atoms. The number of rotatable bonds is 7. The van der Waals surface area contributed by atoms with E-state index in [1.54, 1.807) is 22.0 Å². The van der Waals surface area contributed by atoms with Crippen molar-refractivity contribution in [3.05, 3.63) is 92.7 Å². The molecule has 2 aromatic carbocycles. The highest BCUT2D eigenvalue weighted by atomic mass is 32.1. The number of hydrogen-bond acceptors (Lipinski definition) is 4. The number of aryl methyl sites for hydroxylation is 1. The molecule has 0 aliphatic carbocycles. The summed E-state index contributed by atoms with van der Waals surface area (Å²) in [5.74, 6) is 0.642. The van der Waals surface area contributed by atoms with Crippen LogP contribution in [0.4, 0.5) is 0 Å². The molecule has 2 aromatic heterocycles. The van der Waals surface area contributed by atoms with Crippen LogP contribution in [0.15, 0.2) is 70.8 Å². The highest BCUT2D eigenvalue weighted by molar-refractivity contribution is 7.10. The highest BCUT2D eigenvalue weighted by Gasteiger charge is 2.28. The monoisotopic (exact) mass is 445 g/mol. The average molecular weight is 446 g/mol. The molecular formula is C26H27N3O2S. The maximum absolute atomic E-state index is 13.6. The van der Waals surface area contributed by atoms with Crippen LogP contribution in [0.25, 0.3) is 16.6 Å². The van der Waals surface area contributed by atoms with Crippen molar-refractivity contribution in [2.75, 3.05) is 6.54 Å². The van der Waals surface area contributed by atoms with Gasteiger partial charge in [0.15, 0.2) is 0 Å². The highest BCUT2D eigenvalue weighted by Crippen LogP contribution is 2.27. The summed E-state index contributed by atoms with van der Waals surface area (Å²) >= 11 is 1.58. The van der Waals surface area contributed by atoms with Crippen LogP contribution >= 0.6 is 11.3 Å². The summed E-state index contributed by atoms with van der Waals surface area (Å²) in [6, 6.07) is 18.9. The molecule has 1 unspecified atom stereocenters. The maximum atomic E-state index is 13.6. The lowest BCUT2D eigenvalue weighted by Gasteiger charge is -2.31. The second-order valence-corrected chi connectivity index (χ2v) is 8.86. The van der Waals surface area contributed by atoms with Gasteiger partial charge in [0, 0.05) is 11.4 Å². The van der Waals surface area contributed by atoms with Crippen molar-refractivity contribution < 1.29 is 4.79 Å². The molecule has 1 amide bonds. The van der Waals surface area contributed by atoms with Crippen molar-refractivity contribution in [3.8, 4) is 5.69 Å². The van der Waals surface area contributed by atoms with E-state index in [0.717, 1.165) is 16.1 Å². The van der Waals surface area contributed by atoms with Crippen molar-refractivity contribution >= 4 is 28.1 Å². The summed E-state index contributed by atoms with van der Waals surface area (Å²) in [5.41, 5.74) is 2.36. The van der Waals surface area contributed by atoms with E-state index in [-0.39, 0.29) is 17.5 Å². The van der Waals surface area contributed by atoms with E-state index in [9.17, 15) is 9.59 Å². The number of likely N-dealkylation sites (N-methyl/N-ethyl adjacent to an activating group) is 1. The minimum atomic E-state index is -0.315. The second kappa shape index (κ2) is 9.49. The molecule has 164 valence electrons. The first-order chi connectivity index (χ1) is 15.5. The number of nitrogens with zero attached hydrogens (tertiary/aromatic N) is 3. The van der Waals surface area contributed by atoms with E-state index in [1.165, 1.54) is 0 Å². The van der Waals surface area contributed by atoms with Gasteiger partial charge in [0.05, 0.1) is 29.1 Å². The number of amides is 1. The van der Waals surface area contributed by atoms with Crippen LogP contribution in [0.1, 0.15) is 42.6 Å². The Morgan fingerprint density at radius 1 is 1.09 bits per heavy atom. The molecule has 2 heterocycles. The zero-order chi connectivity index (χ0) is 22.7. The molecule has 0 fully saturated rings. The fourth-order valence-corrected chi connectivity index (χ4v) is 4.86. The van der Waals surface area contributed by atoms with Gasteiger partial charge in [0.25, 0.3) is 5.56 Å². The summed E-state index contributed by atoms with van der Waals surface area (Å²) in [7, 11) is 0. The Labute approximate surface area is 192 Å². The largest absolute Gasteiger partial charge is 0.332 e. The Balaban J connectivity index is 1.89. The smallest absolute Gasteiger partial charge is 0.266 e.